The number of hydrogen-bond donors (Lipinski definition) is 1. The first-order valence-corrected chi connectivity index (χ1v) is 8.13. The second kappa shape index (κ2) is 8.57. The minimum absolute atomic E-state index is 0.334. The third-order valence-corrected chi connectivity index (χ3v) is 4.69. The van der Waals surface area contributed by atoms with Crippen LogP contribution in [0.1, 0.15) is 59.8 Å². The van der Waals surface area contributed by atoms with Gasteiger partial charge in [-0.1, -0.05) is 33.6 Å². The highest BCUT2D eigenvalue weighted by molar-refractivity contribution is 5.76. The van der Waals surface area contributed by atoms with Gasteiger partial charge >= 0.3 is 0 Å². The molecule has 0 aromatic heterocycles. The molecule has 0 aliphatic carbocycles. The summed E-state index contributed by atoms with van der Waals surface area (Å²) < 4.78 is 0. The van der Waals surface area contributed by atoms with E-state index in [9.17, 15) is 4.79 Å². The molecular weight excluding hydrogens is 236 g/mol. The number of hydrogen-bond acceptors (Lipinski definition) is 2. The van der Waals surface area contributed by atoms with E-state index in [2.05, 4.69) is 37.9 Å². The van der Waals surface area contributed by atoms with Crippen LogP contribution in [0.4, 0.5) is 0 Å². The molecular formula is C16H32N2O. The van der Waals surface area contributed by atoms with E-state index < -0.39 is 0 Å². The Bertz CT molecular complexity index is 263. The zero-order chi connectivity index (χ0) is 14.3. The van der Waals surface area contributed by atoms with Gasteiger partial charge in [0.25, 0.3) is 0 Å². The highest BCUT2D eigenvalue weighted by atomic mass is 16.2. The Kier molecular flexibility index (Phi) is 7.44. The van der Waals surface area contributed by atoms with Gasteiger partial charge in [-0.3, -0.25) is 4.79 Å². The van der Waals surface area contributed by atoms with E-state index in [-0.39, 0.29) is 0 Å². The highest BCUT2D eigenvalue weighted by Crippen LogP contribution is 2.19. The van der Waals surface area contributed by atoms with E-state index in [0.29, 0.717) is 30.2 Å². The van der Waals surface area contributed by atoms with Gasteiger partial charge in [-0.15, -0.1) is 0 Å². The Hall–Kier alpha value is -0.570. The van der Waals surface area contributed by atoms with Crippen molar-refractivity contribution in [3.8, 4) is 0 Å². The maximum atomic E-state index is 12.4. The molecule has 1 aliphatic rings. The van der Waals surface area contributed by atoms with Crippen LogP contribution >= 0.6 is 0 Å². The molecule has 3 nitrogen and oxygen atoms in total. The van der Waals surface area contributed by atoms with E-state index in [1.807, 2.05) is 0 Å². The molecule has 0 spiro atoms. The molecule has 0 radical (unpaired) electrons. The van der Waals surface area contributed by atoms with Gasteiger partial charge in [-0.2, -0.15) is 0 Å². The van der Waals surface area contributed by atoms with Crippen molar-refractivity contribution >= 4 is 5.91 Å². The van der Waals surface area contributed by atoms with Crippen molar-refractivity contribution in [3.05, 3.63) is 0 Å². The molecule has 0 bridgehead atoms. The van der Waals surface area contributed by atoms with Crippen LogP contribution in [-0.2, 0) is 4.79 Å². The molecule has 1 saturated heterocycles. The quantitative estimate of drug-likeness (QED) is 0.769. The Balaban J connectivity index is 2.48. The van der Waals surface area contributed by atoms with E-state index >= 15 is 0 Å². The van der Waals surface area contributed by atoms with Crippen LogP contribution in [0.5, 0.6) is 0 Å². The molecule has 19 heavy (non-hydrogen) atoms. The molecule has 2 unspecified atom stereocenters. The largest absolute Gasteiger partial charge is 0.343 e. The van der Waals surface area contributed by atoms with Gasteiger partial charge < -0.3 is 10.2 Å². The van der Waals surface area contributed by atoms with Gasteiger partial charge in [0.05, 0.1) is 0 Å². The number of nitrogens with zero attached hydrogens (tertiary/aromatic N) is 1. The molecule has 0 aromatic rings. The predicted octanol–water partition coefficient (Wildman–Crippen LogP) is 3.05. The summed E-state index contributed by atoms with van der Waals surface area (Å²) in [4.78, 5) is 14.5. The fraction of sp³-hybridized carbons (Fsp3) is 0.938. The Labute approximate surface area is 119 Å². The summed E-state index contributed by atoms with van der Waals surface area (Å²) in [6.45, 7) is 11.6. The van der Waals surface area contributed by atoms with Crippen LogP contribution in [0.15, 0.2) is 0 Å². The molecule has 1 fully saturated rings. The van der Waals surface area contributed by atoms with Crippen LogP contribution < -0.4 is 5.32 Å². The summed E-state index contributed by atoms with van der Waals surface area (Å²) >= 11 is 0. The van der Waals surface area contributed by atoms with Gasteiger partial charge in [0.1, 0.15) is 0 Å². The summed E-state index contributed by atoms with van der Waals surface area (Å²) in [5.41, 5.74) is 0. The fourth-order valence-corrected chi connectivity index (χ4v) is 2.97. The molecule has 1 heterocycles. The summed E-state index contributed by atoms with van der Waals surface area (Å²) in [6.07, 6.45) is 5.51. The van der Waals surface area contributed by atoms with Gasteiger partial charge in [0, 0.05) is 25.6 Å². The minimum atomic E-state index is 0.334. The lowest BCUT2D eigenvalue weighted by atomic mass is 9.90. The second-order valence-electron chi connectivity index (χ2n) is 6.00. The average molecular weight is 268 g/mol. The second-order valence-corrected chi connectivity index (χ2v) is 6.00. The minimum Gasteiger partial charge on any atom is -0.343 e. The van der Waals surface area contributed by atoms with Crippen LogP contribution in [-0.4, -0.2) is 36.5 Å². The first-order valence-electron chi connectivity index (χ1n) is 8.13. The Morgan fingerprint density at radius 3 is 2.53 bits per heavy atom. The summed E-state index contributed by atoms with van der Waals surface area (Å²) in [7, 11) is 0. The molecule has 1 N–H and O–H groups in total. The first kappa shape index (κ1) is 16.5. The zero-order valence-corrected chi connectivity index (χ0v) is 13.2. The van der Waals surface area contributed by atoms with Gasteiger partial charge in [-0.05, 0) is 38.1 Å². The molecule has 1 rings (SSSR count). The fourth-order valence-electron chi connectivity index (χ4n) is 2.97. The molecule has 112 valence electrons. The lowest BCUT2D eigenvalue weighted by Gasteiger charge is -2.32. The molecule has 0 aromatic carbocycles. The third-order valence-electron chi connectivity index (χ3n) is 4.69. The highest BCUT2D eigenvalue weighted by Gasteiger charge is 2.25. The Morgan fingerprint density at radius 2 is 2.00 bits per heavy atom. The topological polar surface area (TPSA) is 32.3 Å². The van der Waals surface area contributed by atoms with Crippen molar-refractivity contribution in [3.63, 3.8) is 0 Å². The van der Waals surface area contributed by atoms with E-state index in [0.717, 1.165) is 19.6 Å². The lowest BCUT2D eigenvalue weighted by Crippen LogP contribution is -2.45. The number of piperidine rings is 1. The third kappa shape index (κ3) is 5.13. The number of rotatable bonds is 7. The van der Waals surface area contributed by atoms with Gasteiger partial charge in [0.2, 0.25) is 5.91 Å². The maximum Gasteiger partial charge on any atom is 0.224 e. The van der Waals surface area contributed by atoms with Crippen LogP contribution in [0, 0.1) is 11.8 Å². The van der Waals surface area contributed by atoms with Crippen molar-refractivity contribution in [2.75, 3.05) is 19.6 Å². The van der Waals surface area contributed by atoms with E-state index in [1.54, 1.807) is 0 Å². The molecule has 1 amide bonds. The average Bonchev–Trinajstić information content (AvgIpc) is 2.42. The van der Waals surface area contributed by atoms with Crippen molar-refractivity contribution in [2.45, 2.75) is 65.8 Å². The zero-order valence-electron chi connectivity index (χ0n) is 13.2. The normalized spacial score (nSPS) is 23.6. The first-order chi connectivity index (χ1) is 9.12. The van der Waals surface area contributed by atoms with Crippen molar-refractivity contribution in [1.82, 2.24) is 10.2 Å². The monoisotopic (exact) mass is 268 g/mol. The lowest BCUT2D eigenvalue weighted by molar-refractivity contribution is -0.132. The SMILES string of the molecule is CCC(CC)CN(CC)C(=O)CC1NCCCC1C. The maximum absolute atomic E-state index is 12.4. The molecule has 0 saturated carbocycles. The van der Waals surface area contributed by atoms with Crippen molar-refractivity contribution in [2.24, 2.45) is 11.8 Å². The molecule has 3 heteroatoms. The Morgan fingerprint density at radius 1 is 1.32 bits per heavy atom. The smallest absolute Gasteiger partial charge is 0.224 e. The number of carbonyl (C=O) groups excluding carboxylic acids is 1. The van der Waals surface area contributed by atoms with E-state index in [4.69, 9.17) is 0 Å². The van der Waals surface area contributed by atoms with Gasteiger partial charge in [0.15, 0.2) is 0 Å². The summed E-state index contributed by atoms with van der Waals surface area (Å²) in [6, 6.07) is 0.386. The number of carbonyl (C=O) groups is 1. The van der Waals surface area contributed by atoms with Gasteiger partial charge in [-0.25, -0.2) is 0 Å². The van der Waals surface area contributed by atoms with E-state index in [1.165, 1.54) is 25.7 Å². The standard InChI is InChI=1S/C16H32N2O/c1-5-14(6-2)12-18(7-3)16(19)11-15-13(4)9-8-10-17-15/h13-15,17H,5-12H2,1-4H3. The molecule has 1 aliphatic heterocycles. The van der Waals surface area contributed by atoms with Crippen LogP contribution in [0.2, 0.25) is 0 Å². The summed E-state index contributed by atoms with van der Waals surface area (Å²) in [5, 5.41) is 3.51. The van der Waals surface area contributed by atoms with Crippen molar-refractivity contribution in [1.29, 1.82) is 0 Å². The van der Waals surface area contributed by atoms with Crippen LogP contribution in [0.25, 0.3) is 0 Å². The predicted molar refractivity (Wildman–Crippen MR) is 81.1 cm³/mol. The number of nitrogens with one attached hydrogen (secondary N) is 1. The van der Waals surface area contributed by atoms with Crippen LogP contribution in [0.3, 0.4) is 0 Å². The summed E-state index contributed by atoms with van der Waals surface area (Å²) in [5.74, 6) is 1.62. The number of amides is 1. The van der Waals surface area contributed by atoms with Crippen molar-refractivity contribution < 1.29 is 4.79 Å². The molecule has 2 atom stereocenters.